The number of anilines is 1. The van der Waals surface area contributed by atoms with E-state index in [-0.39, 0.29) is 5.91 Å². The molecule has 0 saturated heterocycles. The number of nitrogens with zero attached hydrogens (tertiary/aromatic N) is 1. The monoisotopic (exact) mass is 366 g/mol. The summed E-state index contributed by atoms with van der Waals surface area (Å²) in [5.41, 5.74) is 8.05. The maximum absolute atomic E-state index is 12.6. The van der Waals surface area contributed by atoms with Crippen molar-refractivity contribution in [3.05, 3.63) is 63.1 Å². The minimum Gasteiger partial charge on any atom is -0.399 e. The summed E-state index contributed by atoms with van der Waals surface area (Å²) in [6.07, 6.45) is 0. The first-order valence-corrected chi connectivity index (χ1v) is 7.76. The van der Waals surface area contributed by atoms with Crippen LogP contribution in [0, 0.1) is 0 Å². The van der Waals surface area contributed by atoms with E-state index in [9.17, 15) is 4.79 Å². The van der Waals surface area contributed by atoms with Gasteiger partial charge in [-0.1, -0.05) is 39.7 Å². The van der Waals surface area contributed by atoms with E-state index >= 15 is 0 Å². The predicted molar refractivity (Wildman–Crippen MR) is 90.4 cm³/mol. The third-order valence-corrected chi connectivity index (χ3v) is 3.78. The molecule has 21 heavy (non-hydrogen) atoms. The normalized spacial score (nSPS) is 10.4. The highest BCUT2D eigenvalue weighted by Gasteiger charge is 2.15. The van der Waals surface area contributed by atoms with E-state index in [1.54, 1.807) is 23.1 Å². The number of rotatable bonds is 4. The quantitative estimate of drug-likeness (QED) is 0.817. The van der Waals surface area contributed by atoms with Gasteiger partial charge in [-0.3, -0.25) is 4.79 Å². The Kier molecular flexibility index (Phi) is 5.26. The molecule has 110 valence electrons. The molecule has 0 aromatic heterocycles. The number of halogens is 2. The van der Waals surface area contributed by atoms with E-state index in [0.717, 1.165) is 10.0 Å². The number of carbonyl (C=O) groups is 1. The minimum absolute atomic E-state index is 0.0527. The van der Waals surface area contributed by atoms with Crippen LogP contribution in [0.15, 0.2) is 46.9 Å². The minimum atomic E-state index is -0.0527. The number of nitrogen functional groups attached to an aromatic ring is 1. The number of benzene rings is 2. The number of hydrogen-bond donors (Lipinski definition) is 1. The molecule has 0 bridgehead atoms. The Morgan fingerprint density at radius 1 is 1.29 bits per heavy atom. The van der Waals surface area contributed by atoms with Crippen LogP contribution in [0.3, 0.4) is 0 Å². The summed E-state index contributed by atoms with van der Waals surface area (Å²) in [5, 5.41) is 0.535. The molecule has 5 heteroatoms. The summed E-state index contributed by atoms with van der Waals surface area (Å²) in [6.45, 7) is 3.08. The standard InChI is InChI=1S/C16H16BrClN2O/c1-2-20(10-11-4-3-5-15(19)6-11)16(21)12-7-13(17)9-14(18)8-12/h3-9H,2,10,19H2,1H3. The summed E-state index contributed by atoms with van der Waals surface area (Å²) in [5.74, 6) is -0.0527. The highest BCUT2D eigenvalue weighted by atomic mass is 79.9. The van der Waals surface area contributed by atoms with Crippen molar-refractivity contribution in [2.75, 3.05) is 12.3 Å². The average Bonchev–Trinajstić information content (AvgIpc) is 2.43. The fraction of sp³-hybridized carbons (Fsp3) is 0.188. The molecule has 0 radical (unpaired) electrons. The molecular formula is C16H16BrClN2O. The van der Waals surface area contributed by atoms with Gasteiger partial charge >= 0.3 is 0 Å². The maximum Gasteiger partial charge on any atom is 0.254 e. The molecule has 0 unspecified atom stereocenters. The second-order valence-electron chi connectivity index (χ2n) is 4.72. The lowest BCUT2D eigenvalue weighted by Crippen LogP contribution is -2.30. The van der Waals surface area contributed by atoms with Crippen molar-refractivity contribution in [2.45, 2.75) is 13.5 Å². The van der Waals surface area contributed by atoms with Crippen LogP contribution in [-0.2, 0) is 6.54 Å². The van der Waals surface area contributed by atoms with Crippen molar-refractivity contribution in [1.82, 2.24) is 4.90 Å². The largest absolute Gasteiger partial charge is 0.399 e. The van der Waals surface area contributed by atoms with Gasteiger partial charge in [-0.05, 0) is 42.8 Å². The maximum atomic E-state index is 12.6. The molecule has 0 fully saturated rings. The molecule has 2 aromatic carbocycles. The number of nitrogens with two attached hydrogens (primary N) is 1. The van der Waals surface area contributed by atoms with Gasteiger partial charge in [-0.2, -0.15) is 0 Å². The third-order valence-electron chi connectivity index (χ3n) is 3.10. The van der Waals surface area contributed by atoms with E-state index in [0.29, 0.717) is 29.4 Å². The van der Waals surface area contributed by atoms with Gasteiger partial charge in [0.1, 0.15) is 0 Å². The van der Waals surface area contributed by atoms with Gasteiger partial charge < -0.3 is 10.6 Å². The predicted octanol–water partition coefficient (Wildman–Crippen LogP) is 4.35. The van der Waals surface area contributed by atoms with Gasteiger partial charge in [0.05, 0.1) is 0 Å². The zero-order valence-corrected chi connectivity index (χ0v) is 14.0. The van der Waals surface area contributed by atoms with Crippen LogP contribution in [0.5, 0.6) is 0 Å². The van der Waals surface area contributed by atoms with Crippen LogP contribution in [0.2, 0.25) is 5.02 Å². The number of hydrogen-bond acceptors (Lipinski definition) is 2. The van der Waals surface area contributed by atoms with Crippen molar-refractivity contribution in [2.24, 2.45) is 0 Å². The zero-order valence-electron chi connectivity index (χ0n) is 11.6. The molecule has 0 aliphatic heterocycles. The Morgan fingerprint density at radius 3 is 2.67 bits per heavy atom. The first kappa shape index (κ1) is 15.9. The van der Waals surface area contributed by atoms with Gasteiger partial charge in [0, 0.05) is 33.8 Å². The summed E-state index contributed by atoms with van der Waals surface area (Å²) in [7, 11) is 0. The SMILES string of the molecule is CCN(Cc1cccc(N)c1)C(=O)c1cc(Cl)cc(Br)c1. The second-order valence-corrected chi connectivity index (χ2v) is 6.07. The molecule has 3 nitrogen and oxygen atoms in total. The Morgan fingerprint density at radius 2 is 2.05 bits per heavy atom. The lowest BCUT2D eigenvalue weighted by atomic mass is 10.1. The van der Waals surface area contributed by atoms with Crippen LogP contribution in [0.1, 0.15) is 22.8 Å². The van der Waals surface area contributed by atoms with Gasteiger partial charge in [0.25, 0.3) is 5.91 Å². The van der Waals surface area contributed by atoms with Crippen molar-refractivity contribution >= 4 is 39.1 Å². The van der Waals surface area contributed by atoms with E-state index in [1.807, 2.05) is 31.2 Å². The molecule has 0 heterocycles. The Hall–Kier alpha value is -1.52. The Bertz CT molecular complexity index is 640. The molecule has 2 N–H and O–H groups in total. The molecule has 2 aromatic rings. The molecule has 2 rings (SSSR count). The van der Waals surface area contributed by atoms with E-state index in [2.05, 4.69) is 15.9 Å². The second kappa shape index (κ2) is 6.96. The van der Waals surface area contributed by atoms with Crippen LogP contribution in [-0.4, -0.2) is 17.4 Å². The smallest absolute Gasteiger partial charge is 0.254 e. The Labute approximate surface area is 137 Å². The lowest BCUT2D eigenvalue weighted by Gasteiger charge is -2.21. The summed E-state index contributed by atoms with van der Waals surface area (Å²) in [6, 6.07) is 12.8. The first-order chi connectivity index (χ1) is 9.99. The van der Waals surface area contributed by atoms with Crippen LogP contribution in [0.25, 0.3) is 0 Å². The van der Waals surface area contributed by atoms with Crippen molar-refractivity contribution in [3.63, 3.8) is 0 Å². The summed E-state index contributed by atoms with van der Waals surface area (Å²) in [4.78, 5) is 14.3. The van der Waals surface area contributed by atoms with Crippen LogP contribution < -0.4 is 5.73 Å². The molecule has 0 atom stereocenters. The fourth-order valence-corrected chi connectivity index (χ4v) is 2.96. The molecule has 0 aliphatic rings. The summed E-state index contributed by atoms with van der Waals surface area (Å²) < 4.78 is 0.790. The van der Waals surface area contributed by atoms with Gasteiger partial charge in [-0.15, -0.1) is 0 Å². The Balaban J connectivity index is 2.22. The molecule has 0 aliphatic carbocycles. The van der Waals surface area contributed by atoms with Crippen molar-refractivity contribution in [1.29, 1.82) is 0 Å². The van der Waals surface area contributed by atoms with E-state index in [1.165, 1.54) is 0 Å². The lowest BCUT2D eigenvalue weighted by molar-refractivity contribution is 0.0752. The summed E-state index contributed by atoms with van der Waals surface area (Å²) >= 11 is 9.36. The molecular weight excluding hydrogens is 352 g/mol. The molecule has 0 saturated carbocycles. The van der Waals surface area contributed by atoms with Crippen molar-refractivity contribution in [3.8, 4) is 0 Å². The number of amides is 1. The van der Waals surface area contributed by atoms with Gasteiger partial charge in [-0.25, -0.2) is 0 Å². The average molecular weight is 368 g/mol. The highest BCUT2D eigenvalue weighted by molar-refractivity contribution is 9.10. The van der Waals surface area contributed by atoms with Gasteiger partial charge in [0.15, 0.2) is 0 Å². The van der Waals surface area contributed by atoms with Crippen molar-refractivity contribution < 1.29 is 4.79 Å². The highest BCUT2D eigenvalue weighted by Crippen LogP contribution is 2.21. The number of carbonyl (C=O) groups excluding carboxylic acids is 1. The molecule has 1 amide bonds. The first-order valence-electron chi connectivity index (χ1n) is 6.59. The topological polar surface area (TPSA) is 46.3 Å². The van der Waals surface area contributed by atoms with E-state index in [4.69, 9.17) is 17.3 Å². The third kappa shape index (κ3) is 4.22. The van der Waals surface area contributed by atoms with Crippen LogP contribution in [0.4, 0.5) is 5.69 Å². The van der Waals surface area contributed by atoms with Gasteiger partial charge in [0.2, 0.25) is 0 Å². The molecule has 0 spiro atoms. The zero-order chi connectivity index (χ0) is 15.4. The van der Waals surface area contributed by atoms with E-state index < -0.39 is 0 Å². The fourth-order valence-electron chi connectivity index (χ4n) is 2.10. The van der Waals surface area contributed by atoms with Crippen LogP contribution >= 0.6 is 27.5 Å².